The summed E-state index contributed by atoms with van der Waals surface area (Å²) in [4.78, 5) is 0. The Kier molecular flexibility index (Phi) is 3.32. The highest BCUT2D eigenvalue weighted by molar-refractivity contribution is 5.94. The highest BCUT2D eigenvalue weighted by Crippen LogP contribution is 2.37. The molecule has 1 nitrogen and oxygen atoms in total. The van der Waals surface area contributed by atoms with Crippen LogP contribution >= 0.6 is 0 Å². The van der Waals surface area contributed by atoms with E-state index in [2.05, 4.69) is 60.7 Å². The molecule has 0 spiro atoms. The number of nitrogen functional groups attached to an aromatic ring is 1. The van der Waals surface area contributed by atoms with Crippen LogP contribution in [0.1, 0.15) is 0 Å². The van der Waals surface area contributed by atoms with Gasteiger partial charge in [0.1, 0.15) is 0 Å². The van der Waals surface area contributed by atoms with E-state index in [-0.39, 0.29) is 0 Å². The van der Waals surface area contributed by atoms with Crippen LogP contribution in [0.5, 0.6) is 0 Å². The van der Waals surface area contributed by atoms with Crippen molar-refractivity contribution >= 4 is 16.5 Å². The van der Waals surface area contributed by atoms with Gasteiger partial charge in [0.25, 0.3) is 0 Å². The van der Waals surface area contributed by atoms with Gasteiger partial charge < -0.3 is 5.73 Å². The molecule has 0 heterocycles. The van der Waals surface area contributed by atoms with E-state index < -0.39 is 0 Å². The first-order chi connectivity index (χ1) is 11.3. The second-order valence-electron chi connectivity index (χ2n) is 5.70. The van der Waals surface area contributed by atoms with Gasteiger partial charge in [0, 0.05) is 11.3 Å². The minimum absolute atomic E-state index is 0.807. The van der Waals surface area contributed by atoms with Gasteiger partial charge in [-0.3, -0.25) is 0 Å². The molecule has 0 saturated heterocycles. The number of rotatable bonds is 2. The monoisotopic (exact) mass is 295 g/mol. The Morgan fingerprint density at radius 1 is 0.522 bits per heavy atom. The maximum absolute atomic E-state index is 6.30. The SMILES string of the molecule is Nc1cccc(-c2ccc3ccccc3c2)c1-c1ccccc1. The molecule has 1 heteroatoms. The summed E-state index contributed by atoms with van der Waals surface area (Å²) < 4.78 is 0. The van der Waals surface area contributed by atoms with Gasteiger partial charge in [0.2, 0.25) is 0 Å². The molecular weight excluding hydrogens is 278 g/mol. The molecule has 0 radical (unpaired) electrons. The van der Waals surface area contributed by atoms with Crippen LogP contribution in [0.15, 0.2) is 91.0 Å². The first-order valence-electron chi connectivity index (χ1n) is 7.76. The molecule has 0 unspecified atom stereocenters. The molecule has 0 atom stereocenters. The molecule has 0 aliphatic carbocycles. The number of hydrogen-bond donors (Lipinski definition) is 1. The van der Waals surface area contributed by atoms with Gasteiger partial charge in [0.15, 0.2) is 0 Å². The van der Waals surface area contributed by atoms with Crippen molar-refractivity contribution in [2.75, 3.05) is 5.73 Å². The Morgan fingerprint density at radius 2 is 1.26 bits per heavy atom. The van der Waals surface area contributed by atoms with E-state index >= 15 is 0 Å². The third-order valence-electron chi connectivity index (χ3n) is 4.22. The second-order valence-corrected chi connectivity index (χ2v) is 5.70. The molecule has 23 heavy (non-hydrogen) atoms. The van der Waals surface area contributed by atoms with Crippen LogP contribution in [0.25, 0.3) is 33.0 Å². The molecule has 0 bridgehead atoms. The quantitative estimate of drug-likeness (QED) is 0.468. The summed E-state index contributed by atoms with van der Waals surface area (Å²) >= 11 is 0. The van der Waals surface area contributed by atoms with Crippen molar-refractivity contribution in [3.8, 4) is 22.3 Å². The van der Waals surface area contributed by atoms with E-state index in [4.69, 9.17) is 5.73 Å². The third kappa shape index (κ3) is 2.47. The van der Waals surface area contributed by atoms with E-state index in [1.54, 1.807) is 0 Å². The lowest BCUT2D eigenvalue weighted by molar-refractivity contribution is 1.59. The third-order valence-corrected chi connectivity index (χ3v) is 4.22. The normalized spacial score (nSPS) is 10.8. The Morgan fingerprint density at radius 3 is 2.09 bits per heavy atom. The topological polar surface area (TPSA) is 26.0 Å². The fourth-order valence-electron chi connectivity index (χ4n) is 3.09. The average Bonchev–Trinajstić information content (AvgIpc) is 2.62. The van der Waals surface area contributed by atoms with Crippen LogP contribution in [0, 0.1) is 0 Å². The largest absolute Gasteiger partial charge is 0.398 e. The lowest BCUT2D eigenvalue weighted by Crippen LogP contribution is -1.93. The zero-order valence-corrected chi connectivity index (χ0v) is 12.7. The first-order valence-corrected chi connectivity index (χ1v) is 7.76. The highest BCUT2D eigenvalue weighted by atomic mass is 14.6. The Hall–Kier alpha value is -3.06. The van der Waals surface area contributed by atoms with Gasteiger partial charge in [-0.2, -0.15) is 0 Å². The van der Waals surface area contributed by atoms with Crippen LogP contribution in [-0.4, -0.2) is 0 Å². The van der Waals surface area contributed by atoms with E-state index in [9.17, 15) is 0 Å². The highest BCUT2D eigenvalue weighted by Gasteiger charge is 2.10. The fraction of sp³-hybridized carbons (Fsp3) is 0. The fourth-order valence-corrected chi connectivity index (χ4v) is 3.09. The molecule has 0 fully saturated rings. The van der Waals surface area contributed by atoms with Crippen LogP contribution in [0.3, 0.4) is 0 Å². The summed E-state index contributed by atoms with van der Waals surface area (Å²) in [5, 5.41) is 2.49. The molecule has 4 aromatic rings. The van der Waals surface area contributed by atoms with Crippen molar-refractivity contribution < 1.29 is 0 Å². The molecule has 0 aliphatic heterocycles. The molecule has 0 saturated carbocycles. The minimum Gasteiger partial charge on any atom is -0.398 e. The van der Waals surface area contributed by atoms with Crippen molar-refractivity contribution in [3.63, 3.8) is 0 Å². The van der Waals surface area contributed by atoms with Crippen LogP contribution in [0.4, 0.5) is 5.69 Å². The smallest absolute Gasteiger partial charge is 0.0400 e. The summed E-state index contributed by atoms with van der Waals surface area (Å²) in [7, 11) is 0. The number of benzene rings is 4. The Labute approximate surface area is 136 Å². The summed E-state index contributed by atoms with van der Waals surface area (Å²) in [5.41, 5.74) is 11.7. The number of fused-ring (bicyclic) bond motifs is 1. The van der Waals surface area contributed by atoms with Crippen LogP contribution < -0.4 is 5.73 Å². The minimum atomic E-state index is 0.807. The zero-order valence-electron chi connectivity index (χ0n) is 12.7. The molecule has 0 aliphatic rings. The first kappa shape index (κ1) is 13.6. The van der Waals surface area contributed by atoms with E-state index in [1.165, 1.54) is 21.9 Å². The van der Waals surface area contributed by atoms with Crippen molar-refractivity contribution in [2.24, 2.45) is 0 Å². The van der Waals surface area contributed by atoms with Gasteiger partial charge >= 0.3 is 0 Å². The van der Waals surface area contributed by atoms with Crippen molar-refractivity contribution in [3.05, 3.63) is 91.0 Å². The summed E-state index contributed by atoms with van der Waals surface area (Å²) in [5.74, 6) is 0. The molecule has 0 amide bonds. The van der Waals surface area contributed by atoms with Gasteiger partial charge in [-0.15, -0.1) is 0 Å². The van der Waals surface area contributed by atoms with Crippen LogP contribution in [0.2, 0.25) is 0 Å². The van der Waals surface area contributed by atoms with Crippen LogP contribution in [-0.2, 0) is 0 Å². The number of anilines is 1. The van der Waals surface area contributed by atoms with Crippen molar-refractivity contribution in [1.29, 1.82) is 0 Å². The molecular formula is C22H17N. The number of nitrogens with two attached hydrogens (primary N) is 1. The molecule has 4 rings (SSSR count). The molecule has 110 valence electrons. The van der Waals surface area contributed by atoms with Gasteiger partial charge in [-0.1, -0.05) is 78.9 Å². The Balaban J connectivity index is 1.96. The van der Waals surface area contributed by atoms with Crippen molar-refractivity contribution in [1.82, 2.24) is 0 Å². The molecule has 2 N–H and O–H groups in total. The molecule has 0 aromatic heterocycles. The molecule has 4 aromatic carbocycles. The summed E-state index contributed by atoms with van der Waals surface area (Å²) in [6.07, 6.45) is 0. The summed E-state index contributed by atoms with van der Waals surface area (Å²) in [6, 6.07) is 31.5. The lowest BCUT2D eigenvalue weighted by Gasteiger charge is -2.13. The predicted molar refractivity (Wildman–Crippen MR) is 99.2 cm³/mol. The average molecular weight is 295 g/mol. The standard InChI is InChI=1S/C22H17N/c23-21-12-6-11-20(22(21)17-8-2-1-3-9-17)19-14-13-16-7-4-5-10-18(16)15-19/h1-15H,23H2. The number of hydrogen-bond acceptors (Lipinski definition) is 1. The van der Waals surface area contributed by atoms with E-state index in [0.29, 0.717) is 0 Å². The second kappa shape index (κ2) is 5.62. The van der Waals surface area contributed by atoms with Crippen molar-refractivity contribution in [2.45, 2.75) is 0 Å². The maximum atomic E-state index is 6.30. The predicted octanol–water partition coefficient (Wildman–Crippen LogP) is 5.76. The lowest BCUT2D eigenvalue weighted by atomic mass is 9.92. The van der Waals surface area contributed by atoms with Gasteiger partial charge in [-0.05, 0) is 39.6 Å². The zero-order chi connectivity index (χ0) is 15.6. The van der Waals surface area contributed by atoms with E-state index in [1.807, 2.05) is 30.3 Å². The maximum Gasteiger partial charge on any atom is 0.0400 e. The van der Waals surface area contributed by atoms with Gasteiger partial charge in [-0.25, -0.2) is 0 Å². The van der Waals surface area contributed by atoms with E-state index in [0.717, 1.165) is 16.8 Å². The summed E-state index contributed by atoms with van der Waals surface area (Å²) in [6.45, 7) is 0. The Bertz CT molecular complexity index is 971. The van der Waals surface area contributed by atoms with Gasteiger partial charge in [0.05, 0.1) is 0 Å².